The van der Waals surface area contributed by atoms with Crippen LogP contribution in [0.1, 0.15) is 23.5 Å². The van der Waals surface area contributed by atoms with Crippen LogP contribution in [0.15, 0.2) is 66.7 Å². The minimum absolute atomic E-state index is 0.115. The molecule has 1 fully saturated rings. The summed E-state index contributed by atoms with van der Waals surface area (Å²) in [4.78, 5) is 11.6. The Labute approximate surface area is 118 Å². The van der Waals surface area contributed by atoms with E-state index in [4.69, 9.17) is 4.74 Å². The van der Waals surface area contributed by atoms with Gasteiger partial charge in [0.1, 0.15) is 6.10 Å². The zero-order valence-electron chi connectivity index (χ0n) is 11.1. The fourth-order valence-corrected chi connectivity index (χ4v) is 2.53. The van der Waals surface area contributed by atoms with Crippen molar-refractivity contribution >= 4 is 12.0 Å². The molecule has 0 N–H and O–H groups in total. The van der Waals surface area contributed by atoms with Gasteiger partial charge in [-0.25, -0.2) is 0 Å². The Morgan fingerprint density at radius 3 is 2.30 bits per heavy atom. The first kappa shape index (κ1) is 12.7. The maximum Gasteiger partial charge on any atom is 0.307 e. The summed E-state index contributed by atoms with van der Waals surface area (Å²) in [6, 6.07) is 20.1. The number of rotatable bonds is 3. The van der Waals surface area contributed by atoms with Gasteiger partial charge in [0, 0.05) is 5.92 Å². The molecule has 2 nitrogen and oxygen atoms in total. The van der Waals surface area contributed by atoms with Crippen LogP contribution in [-0.2, 0) is 9.53 Å². The van der Waals surface area contributed by atoms with E-state index in [1.54, 1.807) is 0 Å². The Morgan fingerprint density at radius 2 is 1.60 bits per heavy atom. The third kappa shape index (κ3) is 2.80. The highest BCUT2D eigenvalue weighted by atomic mass is 16.5. The van der Waals surface area contributed by atoms with Crippen molar-refractivity contribution in [2.45, 2.75) is 18.4 Å². The van der Waals surface area contributed by atoms with E-state index >= 15 is 0 Å². The Bertz CT molecular complexity index is 602. The molecule has 2 aromatic rings. The summed E-state index contributed by atoms with van der Waals surface area (Å²) in [5.74, 6) is -0.00905. The molecule has 0 unspecified atom stereocenters. The van der Waals surface area contributed by atoms with E-state index in [2.05, 4.69) is 12.1 Å². The lowest BCUT2D eigenvalue weighted by Gasteiger charge is -2.14. The molecule has 0 bridgehead atoms. The van der Waals surface area contributed by atoms with Crippen molar-refractivity contribution in [3.05, 3.63) is 77.9 Å². The van der Waals surface area contributed by atoms with Crippen LogP contribution in [0.25, 0.3) is 6.08 Å². The van der Waals surface area contributed by atoms with Gasteiger partial charge >= 0.3 is 5.97 Å². The molecule has 0 radical (unpaired) electrons. The van der Waals surface area contributed by atoms with Gasteiger partial charge in [0.2, 0.25) is 0 Å². The zero-order valence-corrected chi connectivity index (χ0v) is 11.1. The highest BCUT2D eigenvalue weighted by molar-refractivity contribution is 5.74. The Kier molecular flexibility index (Phi) is 3.64. The monoisotopic (exact) mass is 264 g/mol. The first-order chi connectivity index (χ1) is 9.83. The van der Waals surface area contributed by atoms with Crippen LogP contribution >= 0.6 is 0 Å². The minimum atomic E-state index is -0.176. The van der Waals surface area contributed by atoms with Crippen LogP contribution in [-0.4, -0.2) is 12.1 Å². The summed E-state index contributed by atoms with van der Waals surface area (Å²) in [6.07, 6.45) is 4.27. The standard InChI is InChI=1S/C18H16O2/c19-18-13-16(15-9-5-2-6-10-15)17(20-18)12-11-14-7-3-1-4-8-14/h1-12,16-17H,13H2/b12-11+/t16-,17-/m1/s1. The largest absolute Gasteiger partial charge is 0.457 e. The number of hydrogen-bond donors (Lipinski definition) is 0. The van der Waals surface area contributed by atoms with Crippen molar-refractivity contribution in [1.82, 2.24) is 0 Å². The Morgan fingerprint density at radius 1 is 0.950 bits per heavy atom. The number of benzene rings is 2. The molecule has 1 saturated heterocycles. The van der Waals surface area contributed by atoms with Gasteiger partial charge in [-0.2, -0.15) is 0 Å². The fourth-order valence-electron chi connectivity index (χ4n) is 2.53. The van der Waals surface area contributed by atoms with Crippen LogP contribution in [0.3, 0.4) is 0 Å². The van der Waals surface area contributed by atoms with E-state index in [1.165, 1.54) is 0 Å². The molecule has 1 aliphatic rings. The number of cyclic esters (lactones) is 1. The molecule has 3 rings (SSSR count). The maximum absolute atomic E-state index is 11.6. The summed E-state index contributed by atoms with van der Waals surface area (Å²) in [6.45, 7) is 0. The molecule has 0 amide bonds. The van der Waals surface area contributed by atoms with E-state index in [1.807, 2.05) is 60.7 Å². The molecule has 0 spiro atoms. The average Bonchev–Trinajstić information content (AvgIpc) is 2.88. The number of ether oxygens (including phenoxy) is 1. The van der Waals surface area contributed by atoms with E-state index in [0.29, 0.717) is 6.42 Å². The molecular formula is C18H16O2. The van der Waals surface area contributed by atoms with Crippen molar-refractivity contribution in [2.75, 3.05) is 0 Å². The van der Waals surface area contributed by atoms with E-state index < -0.39 is 0 Å². The van der Waals surface area contributed by atoms with Crippen LogP contribution in [0.2, 0.25) is 0 Å². The van der Waals surface area contributed by atoms with Crippen molar-refractivity contribution in [1.29, 1.82) is 0 Å². The molecular weight excluding hydrogens is 248 g/mol. The van der Waals surface area contributed by atoms with E-state index in [9.17, 15) is 4.79 Å². The van der Waals surface area contributed by atoms with Gasteiger partial charge in [-0.3, -0.25) is 4.79 Å². The molecule has 2 aromatic carbocycles. The second-order valence-electron chi connectivity index (χ2n) is 4.95. The maximum atomic E-state index is 11.6. The van der Waals surface area contributed by atoms with Gasteiger partial charge in [-0.1, -0.05) is 66.7 Å². The van der Waals surface area contributed by atoms with Gasteiger partial charge < -0.3 is 4.74 Å². The quantitative estimate of drug-likeness (QED) is 0.788. The summed E-state index contributed by atoms with van der Waals surface area (Å²) < 4.78 is 5.42. The van der Waals surface area contributed by atoms with Gasteiger partial charge in [-0.15, -0.1) is 0 Å². The van der Waals surface area contributed by atoms with Crippen LogP contribution in [0.4, 0.5) is 0 Å². The van der Waals surface area contributed by atoms with Crippen LogP contribution in [0.5, 0.6) is 0 Å². The lowest BCUT2D eigenvalue weighted by atomic mass is 9.92. The SMILES string of the molecule is O=C1C[C@H](c2ccccc2)[C@@H](/C=C/c2ccccc2)O1. The lowest BCUT2D eigenvalue weighted by molar-refractivity contribution is -0.139. The average molecular weight is 264 g/mol. The van der Waals surface area contributed by atoms with E-state index in [-0.39, 0.29) is 18.0 Å². The van der Waals surface area contributed by atoms with Gasteiger partial charge in [0.15, 0.2) is 0 Å². The van der Waals surface area contributed by atoms with Gasteiger partial charge in [0.25, 0.3) is 0 Å². The van der Waals surface area contributed by atoms with Crippen LogP contribution < -0.4 is 0 Å². The number of carbonyl (C=O) groups is 1. The van der Waals surface area contributed by atoms with Crippen LogP contribution in [0, 0.1) is 0 Å². The topological polar surface area (TPSA) is 26.3 Å². The molecule has 0 saturated carbocycles. The Balaban J connectivity index is 1.81. The molecule has 100 valence electrons. The van der Waals surface area contributed by atoms with Crippen molar-refractivity contribution < 1.29 is 9.53 Å². The highest BCUT2D eigenvalue weighted by Crippen LogP contribution is 2.33. The zero-order chi connectivity index (χ0) is 13.8. The van der Waals surface area contributed by atoms with Gasteiger partial charge in [0.05, 0.1) is 6.42 Å². The molecule has 2 atom stereocenters. The van der Waals surface area contributed by atoms with Crippen molar-refractivity contribution in [3.8, 4) is 0 Å². The first-order valence-electron chi connectivity index (χ1n) is 6.80. The number of hydrogen-bond acceptors (Lipinski definition) is 2. The molecule has 20 heavy (non-hydrogen) atoms. The molecule has 0 aromatic heterocycles. The molecule has 1 heterocycles. The second kappa shape index (κ2) is 5.74. The molecule has 2 heteroatoms. The summed E-state index contributed by atoms with van der Waals surface area (Å²) >= 11 is 0. The van der Waals surface area contributed by atoms with Crippen molar-refractivity contribution in [2.24, 2.45) is 0 Å². The number of esters is 1. The normalized spacial score (nSPS) is 22.1. The Hall–Kier alpha value is -2.35. The highest BCUT2D eigenvalue weighted by Gasteiger charge is 2.33. The van der Waals surface area contributed by atoms with E-state index in [0.717, 1.165) is 11.1 Å². The smallest absolute Gasteiger partial charge is 0.307 e. The predicted octanol–water partition coefficient (Wildman–Crippen LogP) is 3.80. The summed E-state index contributed by atoms with van der Waals surface area (Å²) in [5, 5.41) is 0. The van der Waals surface area contributed by atoms with Crippen molar-refractivity contribution in [3.63, 3.8) is 0 Å². The predicted molar refractivity (Wildman–Crippen MR) is 79.2 cm³/mol. The first-order valence-corrected chi connectivity index (χ1v) is 6.80. The fraction of sp³-hybridized carbons (Fsp3) is 0.167. The summed E-state index contributed by atoms with van der Waals surface area (Å²) in [5.41, 5.74) is 2.27. The third-order valence-electron chi connectivity index (χ3n) is 3.56. The lowest BCUT2D eigenvalue weighted by Crippen LogP contribution is -2.11. The third-order valence-corrected chi connectivity index (χ3v) is 3.56. The molecule has 1 aliphatic heterocycles. The second-order valence-corrected chi connectivity index (χ2v) is 4.95. The molecule has 0 aliphatic carbocycles. The minimum Gasteiger partial charge on any atom is -0.457 e. The van der Waals surface area contributed by atoms with Gasteiger partial charge in [-0.05, 0) is 17.2 Å². The summed E-state index contributed by atoms with van der Waals surface area (Å²) in [7, 11) is 0. The number of carbonyl (C=O) groups excluding carboxylic acids is 1.